The summed E-state index contributed by atoms with van der Waals surface area (Å²) in [6.07, 6.45) is 0. The molecule has 0 aliphatic heterocycles. The molecule has 0 radical (unpaired) electrons. The molecule has 8 heteroatoms. The first-order chi connectivity index (χ1) is 15.7. The highest BCUT2D eigenvalue weighted by Gasteiger charge is 2.22. The summed E-state index contributed by atoms with van der Waals surface area (Å²) in [5.74, 6) is 0.606. The van der Waals surface area contributed by atoms with E-state index in [2.05, 4.69) is 42.0 Å². The van der Waals surface area contributed by atoms with Crippen molar-refractivity contribution in [3.63, 3.8) is 0 Å². The van der Waals surface area contributed by atoms with Crippen molar-refractivity contribution in [2.24, 2.45) is 0 Å². The lowest BCUT2D eigenvalue weighted by Crippen LogP contribution is -2.26. The Hall–Kier alpha value is -2.97. The predicted octanol–water partition coefficient (Wildman–Crippen LogP) is 5.61. The van der Waals surface area contributed by atoms with Gasteiger partial charge in [0.05, 0.1) is 16.0 Å². The number of benzene rings is 2. The predicted molar refractivity (Wildman–Crippen MR) is 133 cm³/mol. The fraction of sp³-hybridized carbons (Fsp3) is 0.240. The Morgan fingerprint density at radius 3 is 2.61 bits per heavy atom. The van der Waals surface area contributed by atoms with Crippen molar-refractivity contribution in [2.45, 2.75) is 38.0 Å². The third-order valence-electron chi connectivity index (χ3n) is 5.43. The number of carbonyl (C=O) groups excluding carboxylic acids is 1. The molecule has 2 aromatic carbocycles. The first-order valence-electron chi connectivity index (χ1n) is 10.4. The Morgan fingerprint density at radius 1 is 1.15 bits per heavy atom. The van der Waals surface area contributed by atoms with E-state index >= 15 is 0 Å². The molecule has 1 N–H and O–H groups in total. The van der Waals surface area contributed by atoms with E-state index in [9.17, 15) is 14.0 Å². The molecule has 4 rings (SSSR count). The molecule has 0 bridgehead atoms. The zero-order valence-electron chi connectivity index (χ0n) is 18.9. The summed E-state index contributed by atoms with van der Waals surface area (Å²) in [7, 11) is 1.69. The third-order valence-corrected chi connectivity index (χ3v) is 7.77. The van der Waals surface area contributed by atoms with Crippen molar-refractivity contribution in [1.29, 1.82) is 0 Å². The molecular weight excluding hydrogens is 457 g/mol. The number of aryl methyl sites for hydroxylation is 3. The topological polar surface area (TPSA) is 66.1 Å². The number of aromatic nitrogens is 2. The fourth-order valence-corrected chi connectivity index (χ4v) is 5.77. The molecule has 33 heavy (non-hydrogen) atoms. The van der Waals surface area contributed by atoms with Crippen LogP contribution in [0.15, 0.2) is 52.2 Å². The van der Waals surface area contributed by atoms with Crippen LogP contribution in [0.25, 0.3) is 10.2 Å². The zero-order chi connectivity index (χ0) is 23.7. The minimum absolute atomic E-state index is 0.189. The second kappa shape index (κ2) is 9.49. The number of thioether (sulfide) groups is 1. The van der Waals surface area contributed by atoms with Gasteiger partial charge in [-0.2, -0.15) is 0 Å². The average Bonchev–Trinajstić information content (AvgIpc) is 3.12. The lowest BCUT2D eigenvalue weighted by molar-refractivity contribution is 0.0789. The lowest BCUT2D eigenvalue weighted by Gasteiger charge is -2.16. The maximum Gasteiger partial charge on any atom is 0.264 e. The highest BCUT2D eigenvalue weighted by molar-refractivity contribution is 7.98. The number of H-pyrrole nitrogens is 1. The van der Waals surface area contributed by atoms with Gasteiger partial charge in [-0.15, -0.1) is 23.1 Å². The summed E-state index contributed by atoms with van der Waals surface area (Å²) in [6.45, 7) is 6.23. The molecule has 2 aromatic heterocycles. The number of carbonyl (C=O) groups is 1. The van der Waals surface area contributed by atoms with Gasteiger partial charge in [0.2, 0.25) is 0 Å². The summed E-state index contributed by atoms with van der Waals surface area (Å²) in [4.78, 5) is 37.2. The van der Waals surface area contributed by atoms with Crippen LogP contribution in [0.1, 0.15) is 37.7 Å². The van der Waals surface area contributed by atoms with Gasteiger partial charge < -0.3 is 9.88 Å². The summed E-state index contributed by atoms with van der Waals surface area (Å²) < 4.78 is 13.2. The van der Waals surface area contributed by atoms with Crippen LogP contribution in [0.4, 0.5) is 4.39 Å². The molecule has 5 nitrogen and oxygen atoms in total. The Kier molecular flexibility index (Phi) is 6.67. The number of amides is 1. The number of thiophene rings is 1. The second-order valence-corrected chi connectivity index (χ2v) is 10.1. The van der Waals surface area contributed by atoms with Crippen LogP contribution in [-0.4, -0.2) is 27.8 Å². The molecule has 2 heterocycles. The van der Waals surface area contributed by atoms with E-state index in [1.807, 2.05) is 0 Å². The number of fused-ring (bicyclic) bond motifs is 1. The van der Waals surface area contributed by atoms with Crippen LogP contribution in [0.3, 0.4) is 0 Å². The maximum absolute atomic E-state index is 13.2. The van der Waals surface area contributed by atoms with Gasteiger partial charge in [-0.1, -0.05) is 29.8 Å². The summed E-state index contributed by atoms with van der Waals surface area (Å²) in [5.41, 5.74) is 3.59. The van der Waals surface area contributed by atoms with E-state index < -0.39 is 0 Å². The summed E-state index contributed by atoms with van der Waals surface area (Å²) >= 11 is 2.86. The van der Waals surface area contributed by atoms with Crippen molar-refractivity contribution in [3.05, 3.63) is 91.6 Å². The number of nitrogens with one attached hydrogen (secondary N) is 1. The summed E-state index contributed by atoms with van der Waals surface area (Å²) in [6, 6.07) is 12.3. The molecule has 0 aliphatic carbocycles. The van der Waals surface area contributed by atoms with E-state index in [0.717, 1.165) is 10.5 Å². The van der Waals surface area contributed by atoms with Crippen molar-refractivity contribution in [2.75, 3.05) is 7.05 Å². The molecule has 1 amide bonds. The minimum Gasteiger partial charge on any atom is -0.337 e. The Labute approximate surface area is 199 Å². The van der Waals surface area contributed by atoms with Gasteiger partial charge in [0.15, 0.2) is 0 Å². The van der Waals surface area contributed by atoms with Crippen LogP contribution in [-0.2, 0) is 12.3 Å². The van der Waals surface area contributed by atoms with Gasteiger partial charge in [-0.05, 0) is 55.7 Å². The van der Waals surface area contributed by atoms with Gasteiger partial charge in [-0.3, -0.25) is 9.59 Å². The molecule has 0 aliphatic rings. The van der Waals surface area contributed by atoms with Crippen molar-refractivity contribution in [3.8, 4) is 0 Å². The molecule has 4 aromatic rings. The quantitative estimate of drug-likeness (QED) is 0.363. The molecule has 0 fully saturated rings. The van der Waals surface area contributed by atoms with E-state index in [0.29, 0.717) is 38.8 Å². The van der Waals surface area contributed by atoms with Crippen LogP contribution in [0.2, 0.25) is 0 Å². The number of halogens is 1. The van der Waals surface area contributed by atoms with E-state index in [1.165, 1.54) is 34.6 Å². The SMILES string of the molecule is Cc1ccc(C)c(SCc2nc3sc(C(=O)N(C)Cc4ccc(F)cc4)c(C)c3c(=O)[nH]2)c1. The molecule has 0 saturated heterocycles. The maximum atomic E-state index is 13.2. The van der Waals surface area contributed by atoms with Crippen LogP contribution < -0.4 is 5.56 Å². The Bertz CT molecular complexity index is 1390. The van der Waals surface area contributed by atoms with Crippen LogP contribution >= 0.6 is 23.1 Å². The minimum atomic E-state index is -0.315. The highest BCUT2D eigenvalue weighted by Crippen LogP contribution is 2.30. The molecule has 0 unspecified atom stereocenters. The number of hydrogen-bond donors (Lipinski definition) is 1. The smallest absolute Gasteiger partial charge is 0.264 e. The van der Waals surface area contributed by atoms with E-state index in [1.54, 1.807) is 42.8 Å². The highest BCUT2D eigenvalue weighted by atomic mass is 32.2. The lowest BCUT2D eigenvalue weighted by atomic mass is 10.2. The number of rotatable bonds is 6. The first kappa shape index (κ1) is 23.2. The number of nitrogens with zero attached hydrogens (tertiary/aromatic N) is 2. The van der Waals surface area contributed by atoms with Gasteiger partial charge >= 0.3 is 0 Å². The van der Waals surface area contributed by atoms with Gasteiger partial charge in [-0.25, -0.2) is 9.37 Å². The molecule has 0 saturated carbocycles. The Balaban J connectivity index is 1.57. The molecule has 0 atom stereocenters. The average molecular weight is 482 g/mol. The van der Waals surface area contributed by atoms with Crippen LogP contribution in [0, 0.1) is 26.6 Å². The fourth-order valence-electron chi connectivity index (χ4n) is 3.58. The van der Waals surface area contributed by atoms with E-state index in [-0.39, 0.29) is 17.3 Å². The normalized spacial score (nSPS) is 11.2. The van der Waals surface area contributed by atoms with Crippen LogP contribution in [0.5, 0.6) is 0 Å². The van der Waals surface area contributed by atoms with Gasteiger partial charge in [0.25, 0.3) is 11.5 Å². The zero-order valence-corrected chi connectivity index (χ0v) is 20.5. The van der Waals surface area contributed by atoms with Gasteiger partial charge in [0, 0.05) is 18.5 Å². The molecule has 0 spiro atoms. The first-order valence-corrected chi connectivity index (χ1v) is 12.3. The second-order valence-electron chi connectivity index (χ2n) is 8.09. The van der Waals surface area contributed by atoms with E-state index in [4.69, 9.17) is 0 Å². The monoisotopic (exact) mass is 481 g/mol. The Morgan fingerprint density at radius 2 is 1.88 bits per heavy atom. The summed E-state index contributed by atoms with van der Waals surface area (Å²) in [5, 5.41) is 0.457. The van der Waals surface area contributed by atoms with Crippen molar-refractivity contribution in [1.82, 2.24) is 14.9 Å². The largest absolute Gasteiger partial charge is 0.337 e. The van der Waals surface area contributed by atoms with Gasteiger partial charge in [0.1, 0.15) is 16.5 Å². The third kappa shape index (κ3) is 5.02. The number of hydrogen-bond acceptors (Lipinski definition) is 5. The molecule has 170 valence electrons. The standard InChI is InChI=1S/C25H24FN3O2S2/c1-14-5-6-15(2)19(11-14)32-13-20-27-23(30)21-16(3)22(33-24(21)28-20)25(31)29(4)12-17-7-9-18(26)10-8-17/h5-11H,12-13H2,1-4H3,(H,27,28,30). The number of aromatic amines is 1. The van der Waals surface area contributed by atoms with Crippen molar-refractivity contribution >= 4 is 39.2 Å². The molecular formula is C25H24FN3O2S2. The van der Waals surface area contributed by atoms with Crippen molar-refractivity contribution < 1.29 is 9.18 Å².